The Bertz CT molecular complexity index is 830. The first-order valence-electron chi connectivity index (χ1n) is 8.27. The van der Waals surface area contributed by atoms with Gasteiger partial charge in [0, 0.05) is 6.20 Å². The normalized spacial score (nSPS) is 11.6. The van der Waals surface area contributed by atoms with Crippen molar-refractivity contribution in [2.24, 2.45) is 0 Å². The van der Waals surface area contributed by atoms with Crippen LogP contribution in [0, 0.1) is 6.92 Å². The number of benzene rings is 2. The van der Waals surface area contributed by atoms with E-state index in [0.29, 0.717) is 5.75 Å². The van der Waals surface area contributed by atoms with Gasteiger partial charge < -0.3 is 10.1 Å². The Hall–Kier alpha value is -2.66. The minimum absolute atomic E-state index is 0.0716. The summed E-state index contributed by atoms with van der Waals surface area (Å²) in [4.78, 5) is 16.9. The number of amides is 1. The summed E-state index contributed by atoms with van der Waals surface area (Å²) in [5.74, 6) is 0.428. The molecule has 1 aromatic heterocycles. The first-order valence-corrected chi connectivity index (χ1v) is 9.07. The summed E-state index contributed by atoms with van der Waals surface area (Å²) < 4.78 is 6.48. The van der Waals surface area contributed by atoms with Gasteiger partial charge in [-0.15, -0.1) is 0 Å². The monoisotopic (exact) mass is 410 g/mol. The molecule has 0 spiro atoms. The Morgan fingerprint density at radius 2 is 1.88 bits per heavy atom. The zero-order valence-corrected chi connectivity index (χ0v) is 15.9. The van der Waals surface area contributed by atoms with E-state index in [1.807, 2.05) is 73.7 Å². The molecule has 3 aromatic rings. The molecule has 0 fully saturated rings. The number of carbonyl (C=O) groups is 1. The highest BCUT2D eigenvalue weighted by Gasteiger charge is 2.18. The minimum atomic E-state index is -0.324. The molecule has 0 bridgehead atoms. The molecular formula is C21H19BrN2O2. The second-order valence-corrected chi connectivity index (χ2v) is 6.74. The van der Waals surface area contributed by atoms with E-state index in [1.54, 1.807) is 6.20 Å². The standard InChI is InChI=1S/C21H19BrN2O2/c1-15-10-11-19(17(22)13-15)26-14-20(25)24-21(16-7-3-2-4-8-16)18-9-5-6-12-23-18/h2-13,21H,14H2,1H3,(H,24,25). The van der Waals surface area contributed by atoms with Crippen LogP contribution in [0.2, 0.25) is 0 Å². The van der Waals surface area contributed by atoms with E-state index in [0.717, 1.165) is 21.3 Å². The fourth-order valence-electron chi connectivity index (χ4n) is 2.59. The number of nitrogens with zero attached hydrogens (tertiary/aromatic N) is 1. The van der Waals surface area contributed by atoms with Crippen molar-refractivity contribution >= 4 is 21.8 Å². The fraction of sp³-hybridized carbons (Fsp3) is 0.143. The Morgan fingerprint density at radius 3 is 2.58 bits per heavy atom. The van der Waals surface area contributed by atoms with Gasteiger partial charge in [0.2, 0.25) is 0 Å². The van der Waals surface area contributed by atoms with E-state index in [-0.39, 0.29) is 18.6 Å². The topological polar surface area (TPSA) is 51.2 Å². The lowest BCUT2D eigenvalue weighted by Crippen LogP contribution is -2.33. The van der Waals surface area contributed by atoms with Crippen LogP contribution in [0.4, 0.5) is 0 Å². The zero-order chi connectivity index (χ0) is 18.4. The van der Waals surface area contributed by atoms with Crippen molar-refractivity contribution in [3.8, 4) is 5.75 Å². The van der Waals surface area contributed by atoms with Crippen molar-refractivity contribution in [3.05, 3.63) is 94.2 Å². The van der Waals surface area contributed by atoms with Crippen molar-refractivity contribution in [1.82, 2.24) is 10.3 Å². The van der Waals surface area contributed by atoms with Gasteiger partial charge in [0.1, 0.15) is 5.75 Å². The van der Waals surface area contributed by atoms with Crippen LogP contribution in [0.1, 0.15) is 22.9 Å². The van der Waals surface area contributed by atoms with Crippen LogP contribution in [0.25, 0.3) is 0 Å². The van der Waals surface area contributed by atoms with Gasteiger partial charge >= 0.3 is 0 Å². The lowest BCUT2D eigenvalue weighted by Gasteiger charge is -2.19. The quantitative estimate of drug-likeness (QED) is 0.653. The number of carbonyl (C=O) groups excluding carboxylic acids is 1. The second-order valence-electron chi connectivity index (χ2n) is 5.89. The van der Waals surface area contributed by atoms with Gasteiger partial charge in [-0.2, -0.15) is 0 Å². The second kappa shape index (κ2) is 8.63. The highest BCUT2D eigenvalue weighted by molar-refractivity contribution is 9.10. The maximum absolute atomic E-state index is 12.5. The molecule has 0 radical (unpaired) electrons. The number of pyridine rings is 1. The van der Waals surface area contributed by atoms with E-state index >= 15 is 0 Å². The van der Waals surface area contributed by atoms with Crippen LogP contribution < -0.4 is 10.1 Å². The SMILES string of the molecule is Cc1ccc(OCC(=O)NC(c2ccccc2)c2ccccn2)c(Br)c1. The third-order valence-electron chi connectivity index (χ3n) is 3.87. The third kappa shape index (κ3) is 4.70. The maximum Gasteiger partial charge on any atom is 0.258 e. The predicted octanol–water partition coefficient (Wildman–Crippen LogP) is 4.44. The number of halogens is 1. The molecule has 0 aliphatic heterocycles. The van der Waals surface area contributed by atoms with Crippen LogP contribution in [0.3, 0.4) is 0 Å². The van der Waals surface area contributed by atoms with Crippen LogP contribution in [0.15, 0.2) is 77.4 Å². The molecule has 1 atom stereocenters. The summed E-state index contributed by atoms with van der Waals surface area (Å²) in [7, 11) is 0. The Kier molecular flexibility index (Phi) is 6.02. The van der Waals surface area contributed by atoms with Crippen molar-refractivity contribution < 1.29 is 9.53 Å². The smallest absolute Gasteiger partial charge is 0.258 e. The number of hydrogen-bond donors (Lipinski definition) is 1. The lowest BCUT2D eigenvalue weighted by molar-refractivity contribution is -0.123. The fourth-order valence-corrected chi connectivity index (χ4v) is 3.20. The molecular weight excluding hydrogens is 392 g/mol. The Balaban J connectivity index is 1.71. The maximum atomic E-state index is 12.5. The summed E-state index contributed by atoms with van der Waals surface area (Å²) in [6, 6.07) is 20.8. The van der Waals surface area contributed by atoms with Crippen LogP contribution in [-0.2, 0) is 4.79 Å². The number of hydrogen-bond acceptors (Lipinski definition) is 3. The van der Waals surface area contributed by atoms with E-state index in [4.69, 9.17) is 4.74 Å². The molecule has 1 N–H and O–H groups in total. The summed E-state index contributed by atoms with van der Waals surface area (Å²) in [6.45, 7) is 1.93. The van der Waals surface area contributed by atoms with Gasteiger partial charge in [-0.3, -0.25) is 9.78 Å². The molecule has 4 nitrogen and oxygen atoms in total. The van der Waals surface area contributed by atoms with Gasteiger partial charge in [-0.1, -0.05) is 42.5 Å². The number of rotatable bonds is 6. The van der Waals surface area contributed by atoms with Crippen LogP contribution >= 0.6 is 15.9 Å². The molecule has 0 saturated carbocycles. The Morgan fingerprint density at radius 1 is 1.12 bits per heavy atom. The molecule has 1 unspecified atom stereocenters. The van der Waals surface area contributed by atoms with E-state index in [2.05, 4.69) is 26.2 Å². The Labute approximate surface area is 161 Å². The highest BCUT2D eigenvalue weighted by atomic mass is 79.9. The van der Waals surface area contributed by atoms with Crippen molar-refractivity contribution in [3.63, 3.8) is 0 Å². The zero-order valence-electron chi connectivity index (χ0n) is 14.4. The first-order chi connectivity index (χ1) is 12.6. The number of aryl methyl sites for hydroxylation is 1. The highest BCUT2D eigenvalue weighted by Crippen LogP contribution is 2.26. The number of aromatic nitrogens is 1. The largest absolute Gasteiger partial charge is 0.483 e. The van der Waals surface area contributed by atoms with Gasteiger partial charge in [0.25, 0.3) is 5.91 Å². The average Bonchev–Trinajstić information content (AvgIpc) is 2.67. The van der Waals surface area contributed by atoms with Gasteiger partial charge in [-0.05, 0) is 58.2 Å². The average molecular weight is 411 g/mol. The molecule has 0 aliphatic rings. The first kappa shape index (κ1) is 18.1. The summed E-state index contributed by atoms with van der Waals surface area (Å²) in [5.41, 5.74) is 2.87. The van der Waals surface area contributed by atoms with Crippen molar-refractivity contribution in [1.29, 1.82) is 0 Å². The molecule has 1 heterocycles. The van der Waals surface area contributed by atoms with Crippen molar-refractivity contribution in [2.75, 3.05) is 6.61 Å². The molecule has 2 aromatic carbocycles. The third-order valence-corrected chi connectivity index (χ3v) is 4.49. The number of nitrogens with one attached hydrogen (secondary N) is 1. The molecule has 0 saturated heterocycles. The molecule has 5 heteroatoms. The van der Waals surface area contributed by atoms with Gasteiger partial charge in [-0.25, -0.2) is 0 Å². The summed E-state index contributed by atoms with van der Waals surface area (Å²) in [5, 5.41) is 3.01. The predicted molar refractivity (Wildman–Crippen MR) is 105 cm³/mol. The van der Waals surface area contributed by atoms with Crippen LogP contribution in [0.5, 0.6) is 5.75 Å². The minimum Gasteiger partial charge on any atom is -0.483 e. The lowest BCUT2D eigenvalue weighted by atomic mass is 10.0. The summed E-state index contributed by atoms with van der Waals surface area (Å²) in [6.07, 6.45) is 1.72. The van der Waals surface area contributed by atoms with E-state index in [9.17, 15) is 4.79 Å². The van der Waals surface area contributed by atoms with Crippen LogP contribution in [-0.4, -0.2) is 17.5 Å². The summed E-state index contributed by atoms with van der Waals surface area (Å²) >= 11 is 3.45. The van der Waals surface area contributed by atoms with E-state index in [1.165, 1.54) is 0 Å². The molecule has 1 amide bonds. The van der Waals surface area contributed by atoms with Gasteiger partial charge in [0.05, 0.1) is 16.2 Å². The number of ether oxygens (including phenoxy) is 1. The molecule has 26 heavy (non-hydrogen) atoms. The van der Waals surface area contributed by atoms with Crippen molar-refractivity contribution in [2.45, 2.75) is 13.0 Å². The molecule has 132 valence electrons. The molecule has 0 aliphatic carbocycles. The molecule has 3 rings (SSSR count). The van der Waals surface area contributed by atoms with Gasteiger partial charge in [0.15, 0.2) is 6.61 Å². The van der Waals surface area contributed by atoms with E-state index < -0.39 is 0 Å².